The fraction of sp³-hybridized carbons (Fsp3) is 0.824. The van der Waals surface area contributed by atoms with Crippen molar-refractivity contribution in [2.24, 2.45) is 0 Å². The van der Waals surface area contributed by atoms with E-state index < -0.39 is 26.6 Å². The smallest absolute Gasteiger partial charge is 0.306 e. The van der Waals surface area contributed by atoms with Gasteiger partial charge in [0.25, 0.3) is 7.82 Å². The van der Waals surface area contributed by atoms with Crippen LogP contribution in [-0.4, -0.2) is 69.4 Å². The van der Waals surface area contributed by atoms with Crippen LogP contribution < -0.4 is 10.2 Å². The molecule has 3 unspecified atom stereocenters. The Balaban J connectivity index is 4.98. The van der Waals surface area contributed by atoms with Crippen molar-refractivity contribution in [2.75, 3.05) is 40.9 Å². The topological polar surface area (TPSA) is 114 Å². The van der Waals surface area contributed by atoms with E-state index >= 15 is 0 Å². The molecule has 10 heteroatoms. The first kappa shape index (κ1) is 75.7. The minimum absolute atomic E-state index is 0.0271. The monoisotopic (exact) mass is 1110 g/mol. The molecule has 0 aromatic carbocycles. The number of rotatable bonds is 60. The van der Waals surface area contributed by atoms with Gasteiger partial charge in [0.1, 0.15) is 19.3 Å². The summed E-state index contributed by atoms with van der Waals surface area (Å²) in [6, 6.07) is -0.899. The van der Waals surface area contributed by atoms with E-state index in [4.69, 9.17) is 13.8 Å². The predicted molar refractivity (Wildman–Crippen MR) is 335 cm³/mol. The van der Waals surface area contributed by atoms with Crippen molar-refractivity contribution in [3.05, 3.63) is 60.8 Å². The molecule has 0 saturated heterocycles. The first-order valence-corrected chi connectivity index (χ1v) is 34.6. The molecule has 0 heterocycles. The standard InChI is InChI=1S/C68H127N2O7P/c1-7-10-13-16-19-22-25-27-29-30-31-32-33-34-35-36-37-38-39-40-41-43-46-49-52-55-58-61-68(72)77-66(59-56-53-50-47-44-24-21-18-15-12-9-3)65(64-76-78(73,74)75-63-62-70(4,5)6)69-67(71)60-57-54-51-48-45-42-28-26-23-20-17-14-11-8-2/h11,14,20,23,27-29,42,56,59,65-66H,7-10,12-13,15-19,21-22,24-26,30-41,43-55,57-58,60-64H2,1-6H3,(H-,69,71,73,74)/b14-11+,23-20+,29-27+,42-28+,59-56-. The van der Waals surface area contributed by atoms with Gasteiger partial charge in [0, 0.05) is 12.8 Å². The van der Waals surface area contributed by atoms with Crippen molar-refractivity contribution in [1.29, 1.82) is 0 Å². The molecule has 0 saturated carbocycles. The van der Waals surface area contributed by atoms with Crippen molar-refractivity contribution in [1.82, 2.24) is 5.32 Å². The fourth-order valence-electron chi connectivity index (χ4n) is 9.59. The molecule has 0 spiro atoms. The number of ether oxygens (including phenoxy) is 1. The van der Waals surface area contributed by atoms with Crippen LogP contribution in [0, 0.1) is 0 Å². The fourth-order valence-corrected chi connectivity index (χ4v) is 10.3. The van der Waals surface area contributed by atoms with Crippen LogP contribution in [-0.2, 0) is 27.9 Å². The number of nitrogens with one attached hydrogen (secondary N) is 1. The van der Waals surface area contributed by atoms with Crippen molar-refractivity contribution in [3.63, 3.8) is 0 Å². The summed E-state index contributed by atoms with van der Waals surface area (Å²) in [6.45, 7) is 6.72. The van der Waals surface area contributed by atoms with Crippen molar-refractivity contribution < 1.29 is 37.3 Å². The molecule has 1 amide bonds. The summed E-state index contributed by atoms with van der Waals surface area (Å²) in [4.78, 5) is 40.0. The van der Waals surface area contributed by atoms with Gasteiger partial charge in [-0.1, -0.05) is 268 Å². The van der Waals surface area contributed by atoms with E-state index in [1.165, 1.54) is 186 Å². The van der Waals surface area contributed by atoms with Gasteiger partial charge in [-0.25, -0.2) is 0 Å². The van der Waals surface area contributed by atoms with Crippen molar-refractivity contribution >= 4 is 19.7 Å². The maximum absolute atomic E-state index is 13.5. The summed E-state index contributed by atoms with van der Waals surface area (Å²) in [5, 5.41) is 3.02. The van der Waals surface area contributed by atoms with E-state index in [0.29, 0.717) is 23.9 Å². The van der Waals surface area contributed by atoms with Gasteiger partial charge >= 0.3 is 5.97 Å². The van der Waals surface area contributed by atoms with Gasteiger partial charge in [-0.15, -0.1) is 0 Å². The van der Waals surface area contributed by atoms with E-state index in [-0.39, 0.29) is 24.9 Å². The summed E-state index contributed by atoms with van der Waals surface area (Å²) in [6.07, 6.45) is 73.6. The van der Waals surface area contributed by atoms with Crippen LogP contribution in [0.4, 0.5) is 0 Å². The van der Waals surface area contributed by atoms with Gasteiger partial charge in [-0.3, -0.25) is 14.2 Å². The Labute approximate surface area is 483 Å². The highest BCUT2D eigenvalue weighted by Gasteiger charge is 2.27. The molecule has 0 fully saturated rings. The first-order chi connectivity index (χ1) is 37.9. The van der Waals surface area contributed by atoms with Crippen LogP contribution in [0.2, 0.25) is 0 Å². The Morgan fingerprint density at radius 1 is 0.462 bits per heavy atom. The molecular formula is C68H127N2O7P. The molecule has 9 nitrogen and oxygen atoms in total. The van der Waals surface area contributed by atoms with E-state index in [0.717, 1.165) is 83.5 Å². The number of phosphoric acid groups is 1. The average molecular weight is 1120 g/mol. The lowest BCUT2D eigenvalue weighted by Gasteiger charge is -2.30. The lowest BCUT2D eigenvalue weighted by Crippen LogP contribution is -2.47. The van der Waals surface area contributed by atoms with Crippen LogP contribution in [0.5, 0.6) is 0 Å². The SMILES string of the molecule is CC/C=C/C/C=C/C/C=C/CCCCCCC(=O)NC(COP(=O)([O-])OCC[N+](C)(C)C)C(/C=C\CCCCCCCCCCC)OC(=O)CCCCCCCCCCCCCCCCCCC/C=C/CCCCCCCC. The highest BCUT2D eigenvalue weighted by molar-refractivity contribution is 7.45. The molecule has 1 N–H and O–H groups in total. The zero-order valence-electron chi connectivity index (χ0n) is 52.1. The Bertz CT molecular complexity index is 1520. The van der Waals surface area contributed by atoms with Crippen LogP contribution in [0.15, 0.2) is 60.8 Å². The number of phosphoric ester groups is 1. The minimum atomic E-state index is -4.70. The maximum atomic E-state index is 13.5. The summed E-state index contributed by atoms with van der Waals surface area (Å²) in [5.74, 6) is -0.559. The molecule has 78 heavy (non-hydrogen) atoms. The Hall–Kier alpha value is -2.29. The maximum Gasteiger partial charge on any atom is 0.306 e. The average Bonchev–Trinajstić information content (AvgIpc) is 3.40. The number of nitrogens with zero attached hydrogens (tertiary/aromatic N) is 1. The zero-order chi connectivity index (χ0) is 57.2. The second-order valence-corrected chi connectivity index (χ2v) is 25.0. The van der Waals surface area contributed by atoms with Gasteiger partial charge in [0.15, 0.2) is 0 Å². The number of quaternary nitrogens is 1. The number of esters is 1. The third-order valence-corrected chi connectivity index (χ3v) is 15.6. The number of allylic oxidation sites excluding steroid dienone is 9. The van der Waals surface area contributed by atoms with Gasteiger partial charge in [-0.2, -0.15) is 0 Å². The van der Waals surface area contributed by atoms with Crippen molar-refractivity contribution in [2.45, 2.75) is 322 Å². The predicted octanol–water partition coefficient (Wildman–Crippen LogP) is 20.0. The molecule has 0 bridgehead atoms. The highest BCUT2D eigenvalue weighted by Crippen LogP contribution is 2.38. The molecule has 3 atom stereocenters. The zero-order valence-corrected chi connectivity index (χ0v) is 53.0. The molecule has 0 radical (unpaired) electrons. The number of hydrogen-bond donors (Lipinski definition) is 1. The molecule has 456 valence electrons. The third-order valence-electron chi connectivity index (χ3n) is 14.7. The normalized spacial score (nSPS) is 14.0. The largest absolute Gasteiger partial charge is 0.756 e. The van der Waals surface area contributed by atoms with E-state index in [1.807, 2.05) is 33.3 Å². The molecular weight excluding hydrogens is 988 g/mol. The van der Waals surface area contributed by atoms with Gasteiger partial charge < -0.3 is 28.5 Å². The molecule has 0 aliphatic heterocycles. The van der Waals surface area contributed by atoms with E-state index in [2.05, 4.69) is 74.7 Å². The number of carbonyl (C=O) groups excluding carboxylic acids is 2. The summed E-state index contributed by atoms with van der Waals surface area (Å²) in [7, 11) is 1.17. The van der Waals surface area contributed by atoms with Gasteiger partial charge in [0.2, 0.25) is 5.91 Å². The highest BCUT2D eigenvalue weighted by atomic mass is 31.2. The second-order valence-electron chi connectivity index (χ2n) is 23.6. The summed E-state index contributed by atoms with van der Waals surface area (Å²) in [5.41, 5.74) is 0. The molecule has 0 aromatic rings. The first-order valence-electron chi connectivity index (χ1n) is 33.1. The lowest BCUT2D eigenvalue weighted by atomic mass is 10.0. The van der Waals surface area contributed by atoms with Crippen LogP contribution >= 0.6 is 7.82 Å². The summed E-state index contributed by atoms with van der Waals surface area (Å²) >= 11 is 0. The van der Waals surface area contributed by atoms with Crippen molar-refractivity contribution in [3.8, 4) is 0 Å². The minimum Gasteiger partial charge on any atom is -0.756 e. The van der Waals surface area contributed by atoms with E-state index in [9.17, 15) is 19.0 Å². The van der Waals surface area contributed by atoms with Crippen LogP contribution in [0.3, 0.4) is 0 Å². The number of hydrogen-bond acceptors (Lipinski definition) is 7. The molecule has 0 aromatic heterocycles. The quantitative estimate of drug-likeness (QED) is 0.0212. The molecule has 0 aliphatic rings. The third kappa shape index (κ3) is 58.4. The molecule has 0 rings (SSSR count). The van der Waals surface area contributed by atoms with Crippen LogP contribution in [0.25, 0.3) is 0 Å². The number of amides is 1. The Kier molecular flexibility index (Phi) is 56.2. The van der Waals surface area contributed by atoms with Gasteiger partial charge in [-0.05, 0) is 89.5 Å². The number of likely N-dealkylation sites (N-methyl/N-ethyl adjacent to an activating group) is 1. The second kappa shape index (κ2) is 57.9. The van der Waals surface area contributed by atoms with Crippen LogP contribution in [0.1, 0.15) is 310 Å². The summed E-state index contributed by atoms with van der Waals surface area (Å²) < 4.78 is 30.3. The van der Waals surface area contributed by atoms with Gasteiger partial charge in [0.05, 0.1) is 33.8 Å². The number of unbranched alkanes of at least 4 members (excludes halogenated alkanes) is 36. The molecule has 0 aliphatic carbocycles. The van der Waals surface area contributed by atoms with E-state index in [1.54, 1.807) is 0 Å². The Morgan fingerprint density at radius 3 is 1.24 bits per heavy atom. The number of carbonyl (C=O) groups is 2. The lowest BCUT2D eigenvalue weighted by molar-refractivity contribution is -0.870. The Morgan fingerprint density at radius 2 is 0.821 bits per heavy atom.